The standard InChI is InChI=1S/C4H9P/c1-3-4(2)5/h3-4H,1,5H2,2H3. The molecule has 0 saturated carbocycles. The van der Waals surface area contributed by atoms with Crippen LogP contribution in [0.5, 0.6) is 0 Å². The molecule has 0 aliphatic carbocycles. The van der Waals surface area contributed by atoms with E-state index in [0.29, 0.717) is 5.66 Å². The first-order valence-electron chi connectivity index (χ1n) is 1.65. The maximum absolute atomic E-state index is 3.54. The van der Waals surface area contributed by atoms with E-state index < -0.39 is 0 Å². The molecule has 0 rings (SSSR count). The summed E-state index contributed by atoms with van der Waals surface area (Å²) in [4.78, 5) is 0. The third kappa shape index (κ3) is 4.17. The highest BCUT2D eigenvalue weighted by Crippen LogP contribution is 1.94. The van der Waals surface area contributed by atoms with Crippen LogP contribution in [0.2, 0.25) is 0 Å². The van der Waals surface area contributed by atoms with E-state index in [1.54, 1.807) is 0 Å². The van der Waals surface area contributed by atoms with Gasteiger partial charge in [-0.05, 0) is 5.66 Å². The van der Waals surface area contributed by atoms with Crippen molar-refractivity contribution in [3.63, 3.8) is 0 Å². The fourth-order valence-corrected chi connectivity index (χ4v) is 0. The maximum atomic E-state index is 3.54. The fourth-order valence-electron chi connectivity index (χ4n) is 0. The SMILES string of the molecule is C=CC(C)P. The predicted molar refractivity (Wildman–Crippen MR) is 29.4 cm³/mol. The van der Waals surface area contributed by atoms with Crippen LogP contribution in [0.3, 0.4) is 0 Å². The molecule has 0 N–H and O–H groups in total. The minimum Gasteiger partial charge on any atom is -0.131 e. The van der Waals surface area contributed by atoms with Crippen molar-refractivity contribution in [2.45, 2.75) is 12.6 Å². The van der Waals surface area contributed by atoms with Crippen LogP contribution in [-0.2, 0) is 0 Å². The van der Waals surface area contributed by atoms with Gasteiger partial charge in [-0.15, -0.1) is 15.8 Å². The summed E-state index contributed by atoms with van der Waals surface area (Å²) in [6, 6.07) is 0. The normalized spacial score (nSPS) is 14.0. The lowest BCUT2D eigenvalue weighted by atomic mass is 10.5. The molecule has 0 aromatic heterocycles. The highest BCUT2D eigenvalue weighted by molar-refractivity contribution is 7.17. The van der Waals surface area contributed by atoms with E-state index in [4.69, 9.17) is 0 Å². The summed E-state index contributed by atoms with van der Waals surface area (Å²) in [6.45, 7) is 5.61. The molecule has 0 saturated heterocycles. The summed E-state index contributed by atoms with van der Waals surface area (Å²) in [5.74, 6) is 0. The van der Waals surface area contributed by atoms with E-state index >= 15 is 0 Å². The number of hydrogen-bond acceptors (Lipinski definition) is 0. The lowest BCUT2D eigenvalue weighted by molar-refractivity contribution is 1.26. The number of hydrogen-bond donors (Lipinski definition) is 0. The Balaban J connectivity index is 2.83. The van der Waals surface area contributed by atoms with Crippen molar-refractivity contribution in [2.75, 3.05) is 0 Å². The zero-order valence-electron chi connectivity index (χ0n) is 3.44. The summed E-state index contributed by atoms with van der Waals surface area (Å²) in [7, 11) is 2.62. The van der Waals surface area contributed by atoms with Crippen LogP contribution in [-0.4, -0.2) is 5.66 Å². The zero-order chi connectivity index (χ0) is 4.28. The Morgan fingerprint density at radius 3 is 2.20 bits per heavy atom. The Bertz CT molecular complexity index is 30.6. The predicted octanol–water partition coefficient (Wildman–Crippen LogP) is 1.44. The summed E-state index contributed by atoms with van der Waals surface area (Å²) in [5.41, 5.74) is 0.565. The number of allylic oxidation sites excluding steroid dienone is 1. The molecule has 0 aliphatic rings. The van der Waals surface area contributed by atoms with Gasteiger partial charge in [0.15, 0.2) is 0 Å². The van der Waals surface area contributed by atoms with Crippen LogP contribution >= 0.6 is 9.24 Å². The highest BCUT2D eigenvalue weighted by atomic mass is 31.0. The smallest absolute Gasteiger partial charge is 0.0117 e. The Hall–Kier alpha value is 0.170. The molecule has 0 amide bonds. The second-order valence-corrected chi connectivity index (χ2v) is 2.15. The van der Waals surface area contributed by atoms with Crippen LogP contribution in [0.25, 0.3) is 0 Å². The molecule has 0 radical (unpaired) electrons. The van der Waals surface area contributed by atoms with E-state index in [1.165, 1.54) is 0 Å². The topological polar surface area (TPSA) is 0 Å². The fraction of sp³-hybridized carbons (Fsp3) is 0.500. The lowest BCUT2D eigenvalue weighted by Gasteiger charge is -1.84. The average molecular weight is 88.1 g/mol. The van der Waals surface area contributed by atoms with Gasteiger partial charge in [0.25, 0.3) is 0 Å². The first-order valence-corrected chi connectivity index (χ1v) is 2.32. The largest absolute Gasteiger partial charge is 0.131 e. The monoisotopic (exact) mass is 88.0 g/mol. The number of rotatable bonds is 1. The molecule has 0 aromatic rings. The summed E-state index contributed by atoms with van der Waals surface area (Å²) < 4.78 is 0. The average Bonchev–Trinajstić information content (AvgIpc) is 1.38. The highest BCUT2D eigenvalue weighted by Gasteiger charge is 1.73. The van der Waals surface area contributed by atoms with Gasteiger partial charge < -0.3 is 0 Å². The van der Waals surface area contributed by atoms with Gasteiger partial charge in [0.05, 0.1) is 0 Å². The molecular formula is C4H9P. The first kappa shape index (κ1) is 5.17. The molecule has 2 atom stereocenters. The molecule has 5 heavy (non-hydrogen) atoms. The van der Waals surface area contributed by atoms with Gasteiger partial charge in [0, 0.05) is 0 Å². The van der Waals surface area contributed by atoms with Gasteiger partial charge in [-0.2, -0.15) is 0 Å². The molecule has 0 spiro atoms. The summed E-state index contributed by atoms with van der Waals surface area (Å²) in [6.07, 6.45) is 1.88. The summed E-state index contributed by atoms with van der Waals surface area (Å²) >= 11 is 0. The third-order valence-corrected chi connectivity index (χ3v) is 0.644. The Morgan fingerprint density at radius 1 is 2.00 bits per heavy atom. The molecule has 0 aromatic carbocycles. The van der Waals surface area contributed by atoms with Crippen molar-refractivity contribution in [3.05, 3.63) is 12.7 Å². The van der Waals surface area contributed by atoms with Crippen molar-refractivity contribution in [1.82, 2.24) is 0 Å². The van der Waals surface area contributed by atoms with Crippen molar-refractivity contribution < 1.29 is 0 Å². The van der Waals surface area contributed by atoms with Crippen molar-refractivity contribution in [2.24, 2.45) is 0 Å². The molecular weight excluding hydrogens is 79.0 g/mol. The van der Waals surface area contributed by atoms with Gasteiger partial charge in [0.1, 0.15) is 0 Å². The van der Waals surface area contributed by atoms with E-state index in [1.807, 2.05) is 6.08 Å². The van der Waals surface area contributed by atoms with Crippen LogP contribution in [0.15, 0.2) is 12.7 Å². The van der Waals surface area contributed by atoms with Crippen molar-refractivity contribution >= 4 is 9.24 Å². The summed E-state index contributed by atoms with van der Waals surface area (Å²) in [5, 5.41) is 0. The molecule has 2 unspecified atom stereocenters. The molecule has 0 bridgehead atoms. The van der Waals surface area contributed by atoms with E-state index in [2.05, 4.69) is 22.7 Å². The second kappa shape index (κ2) is 2.41. The van der Waals surface area contributed by atoms with Crippen LogP contribution in [0, 0.1) is 0 Å². The molecule has 30 valence electrons. The second-order valence-electron chi connectivity index (χ2n) is 1.09. The minimum atomic E-state index is 0.565. The minimum absolute atomic E-state index is 0.565. The first-order chi connectivity index (χ1) is 2.27. The Labute approximate surface area is 35.5 Å². The van der Waals surface area contributed by atoms with Gasteiger partial charge in [-0.3, -0.25) is 0 Å². The van der Waals surface area contributed by atoms with E-state index in [0.717, 1.165) is 0 Å². The van der Waals surface area contributed by atoms with E-state index in [9.17, 15) is 0 Å². The molecule has 0 fully saturated rings. The Kier molecular flexibility index (Phi) is 2.49. The zero-order valence-corrected chi connectivity index (χ0v) is 4.59. The quantitative estimate of drug-likeness (QED) is 0.336. The van der Waals surface area contributed by atoms with Crippen molar-refractivity contribution in [3.8, 4) is 0 Å². The molecule has 0 aliphatic heterocycles. The van der Waals surface area contributed by atoms with Crippen LogP contribution in [0.1, 0.15) is 6.92 Å². The van der Waals surface area contributed by atoms with E-state index in [-0.39, 0.29) is 0 Å². The lowest BCUT2D eigenvalue weighted by Crippen LogP contribution is -1.74. The van der Waals surface area contributed by atoms with Crippen LogP contribution in [0.4, 0.5) is 0 Å². The van der Waals surface area contributed by atoms with Gasteiger partial charge in [-0.25, -0.2) is 0 Å². The Morgan fingerprint density at radius 2 is 2.20 bits per heavy atom. The molecule has 0 heterocycles. The van der Waals surface area contributed by atoms with Crippen LogP contribution < -0.4 is 0 Å². The van der Waals surface area contributed by atoms with Gasteiger partial charge in [0.2, 0.25) is 0 Å². The maximum Gasteiger partial charge on any atom is -0.0117 e. The van der Waals surface area contributed by atoms with Gasteiger partial charge in [-0.1, -0.05) is 13.0 Å². The molecule has 1 heteroatoms. The van der Waals surface area contributed by atoms with Crippen molar-refractivity contribution in [1.29, 1.82) is 0 Å². The van der Waals surface area contributed by atoms with Gasteiger partial charge >= 0.3 is 0 Å². The molecule has 0 nitrogen and oxygen atoms in total. The third-order valence-electron chi connectivity index (χ3n) is 0.372.